The third-order valence-corrected chi connectivity index (χ3v) is 5.58. The van der Waals surface area contributed by atoms with Crippen molar-refractivity contribution < 1.29 is 19.4 Å². The van der Waals surface area contributed by atoms with Gasteiger partial charge in [0.05, 0.1) is 30.5 Å². The summed E-state index contributed by atoms with van der Waals surface area (Å²) in [6.45, 7) is 1.57. The Bertz CT molecular complexity index is 1320. The first-order chi connectivity index (χ1) is 16.3. The van der Waals surface area contributed by atoms with E-state index in [0.717, 1.165) is 5.56 Å². The third-order valence-electron chi connectivity index (χ3n) is 5.27. The molecule has 0 bridgehead atoms. The van der Waals surface area contributed by atoms with E-state index in [1.165, 1.54) is 16.8 Å². The molecule has 0 fully saturated rings. The lowest BCUT2D eigenvalue weighted by Crippen LogP contribution is -2.20. The first-order valence-corrected chi connectivity index (χ1v) is 10.9. The molecule has 1 aromatic heterocycles. The van der Waals surface area contributed by atoms with E-state index in [-0.39, 0.29) is 29.8 Å². The molecule has 0 saturated carbocycles. The van der Waals surface area contributed by atoms with Gasteiger partial charge in [0.2, 0.25) is 0 Å². The molecule has 4 rings (SSSR count). The molecule has 0 aliphatic rings. The molecule has 0 aliphatic carbocycles. The number of aliphatic hydroxyl groups excluding tert-OH is 2. The molecule has 4 aromatic rings. The molecule has 3 N–H and O–H groups in total. The molecule has 174 valence electrons. The van der Waals surface area contributed by atoms with Crippen LogP contribution in [0.4, 0.5) is 15.8 Å². The van der Waals surface area contributed by atoms with Gasteiger partial charge in [-0.3, -0.25) is 4.79 Å². The lowest BCUT2D eigenvalue weighted by molar-refractivity contribution is 0.0778. The van der Waals surface area contributed by atoms with E-state index >= 15 is 0 Å². The zero-order valence-corrected chi connectivity index (χ0v) is 19.0. The van der Waals surface area contributed by atoms with Crippen LogP contribution in [-0.4, -0.2) is 43.7 Å². The second-order valence-electron chi connectivity index (χ2n) is 7.85. The quantitative estimate of drug-likeness (QED) is 0.324. The van der Waals surface area contributed by atoms with Crippen LogP contribution in [0.2, 0.25) is 5.02 Å². The van der Waals surface area contributed by atoms with Crippen molar-refractivity contribution in [2.75, 3.05) is 11.9 Å². The van der Waals surface area contributed by atoms with Gasteiger partial charge in [0.25, 0.3) is 0 Å². The number of anilines is 2. The van der Waals surface area contributed by atoms with Crippen LogP contribution in [0.3, 0.4) is 0 Å². The lowest BCUT2D eigenvalue weighted by atomic mass is 9.96. The molecule has 0 amide bonds. The minimum Gasteiger partial charge on any atom is -0.394 e. The van der Waals surface area contributed by atoms with Crippen molar-refractivity contribution in [2.45, 2.75) is 19.6 Å². The van der Waals surface area contributed by atoms with Gasteiger partial charge in [0.15, 0.2) is 5.78 Å². The molecule has 9 heteroatoms. The first kappa shape index (κ1) is 23.6. The van der Waals surface area contributed by atoms with Crippen LogP contribution in [0.15, 0.2) is 66.9 Å². The number of aromatic nitrogens is 3. The SMILES string of the molecule is Cc1ccc(-c2cn(CC(O)CO)nn2)cc1C(=O)c1ccc(Nc2ccc(F)cc2)cc1Cl. The normalized spacial score (nSPS) is 11.9. The number of rotatable bonds is 8. The van der Waals surface area contributed by atoms with Crippen LogP contribution < -0.4 is 5.32 Å². The van der Waals surface area contributed by atoms with Crippen LogP contribution in [0, 0.1) is 12.7 Å². The fourth-order valence-electron chi connectivity index (χ4n) is 3.44. The minimum atomic E-state index is -0.938. The molecule has 34 heavy (non-hydrogen) atoms. The molecule has 1 atom stereocenters. The van der Waals surface area contributed by atoms with Gasteiger partial charge in [-0.25, -0.2) is 9.07 Å². The molecule has 0 aliphatic heterocycles. The van der Waals surface area contributed by atoms with Crippen molar-refractivity contribution in [2.24, 2.45) is 0 Å². The zero-order valence-electron chi connectivity index (χ0n) is 18.2. The summed E-state index contributed by atoms with van der Waals surface area (Å²) < 4.78 is 14.5. The summed E-state index contributed by atoms with van der Waals surface area (Å²) in [6, 6.07) is 16.3. The van der Waals surface area contributed by atoms with E-state index in [0.29, 0.717) is 33.8 Å². The molecule has 1 unspecified atom stereocenters. The van der Waals surface area contributed by atoms with E-state index in [1.807, 2.05) is 19.1 Å². The van der Waals surface area contributed by atoms with E-state index in [9.17, 15) is 14.3 Å². The number of nitrogens with zero attached hydrogens (tertiary/aromatic N) is 3. The highest BCUT2D eigenvalue weighted by Crippen LogP contribution is 2.28. The average Bonchev–Trinajstić information content (AvgIpc) is 3.29. The Morgan fingerprint density at radius 3 is 2.53 bits per heavy atom. The van der Waals surface area contributed by atoms with Crippen molar-refractivity contribution in [1.29, 1.82) is 0 Å². The Kier molecular flexibility index (Phi) is 7.02. The highest BCUT2D eigenvalue weighted by atomic mass is 35.5. The fraction of sp³-hybridized carbons (Fsp3) is 0.160. The van der Waals surface area contributed by atoms with Crippen molar-refractivity contribution in [1.82, 2.24) is 15.0 Å². The predicted molar refractivity (Wildman–Crippen MR) is 128 cm³/mol. The summed E-state index contributed by atoms with van der Waals surface area (Å²) in [4.78, 5) is 13.3. The van der Waals surface area contributed by atoms with E-state index in [1.54, 1.807) is 42.6 Å². The maximum Gasteiger partial charge on any atom is 0.194 e. The topological polar surface area (TPSA) is 100 Å². The predicted octanol–water partition coefficient (Wildman–Crippen LogP) is 4.37. The maximum absolute atomic E-state index is 13.3. The molecule has 0 radical (unpaired) electrons. The second-order valence-corrected chi connectivity index (χ2v) is 8.25. The van der Waals surface area contributed by atoms with Crippen LogP contribution in [-0.2, 0) is 6.54 Å². The van der Waals surface area contributed by atoms with Crippen molar-refractivity contribution in [3.63, 3.8) is 0 Å². The van der Waals surface area contributed by atoms with Crippen LogP contribution in [0.1, 0.15) is 21.5 Å². The summed E-state index contributed by atoms with van der Waals surface area (Å²) in [6.07, 6.45) is 0.702. The number of carbonyl (C=O) groups is 1. The molecular formula is C25H22ClFN4O3. The Balaban J connectivity index is 1.57. The van der Waals surface area contributed by atoms with Gasteiger partial charge in [0.1, 0.15) is 11.5 Å². The molecule has 3 aromatic carbocycles. The number of carbonyl (C=O) groups excluding carboxylic acids is 1. The monoisotopic (exact) mass is 480 g/mol. The molecular weight excluding hydrogens is 459 g/mol. The number of benzene rings is 3. The van der Waals surface area contributed by atoms with Crippen LogP contribution in [0.5, 0.6) is 0 Å². The Labute approximate surface area is 200 Å². The molecule has 7 nitrogen and oxygen atoms in total. The Morgan fingerprint density at radius 1 is 1.09 bits per heavy atom. The number of aliphatic hydroxyl groups is 2. The highest BCUT2D eigenvalue weighted by molar-refractivity contribution is 6.35. The van der Waals surface area contributed by atoms with Gasteiger partial charge in [-0.1, -0.05) is 28.9 Å². The number of ketones is 1. The van der Waals surface area contributed by atoms with Gasteiger partial charge in [0, 0.05) is 28.1 Å². The van der Waals surface area contributed by atoms with Gasteiger partial charge >= 0.3 is 0 Å². The average molecular weight is 481 g/mol. The standard InChI is InChI=1S/C25H22ClFN4O3/c1-15-2-3-16(24-13-31(30-29-24)12-20(33)14-32)10-22(15)25(34)21-9-8-19(11-23(21)26)28-18-6-4-17(27)5-7-18/h2-11,13,20,28,32-33H,12,14H2,1H3. The van der Waals surface area contributed by atoms with Crippen molar-refractivity contribution in [3.05, 3.63) is 94.4 Å². The van der Waals surface area contributed by atoms with E-state index in [4.69, 9.17) is 16.7 Å². The maximum atomic E-state index is 13.3. The van der Waals surface area contributed by atoms with Crippen LogP contribution >= 0.6 is 11.6 Å². The van der Waals surface area contributed by atoms with Crippen LogP contribution in [0.25, 0.3) is 11.3 Å². The molecule has 0 saturated heterocycles. The number of hydrogen-bond donors (Lipinski definition) is 3. The molecule has 1 heterocycles. The van der Waals surface area contributed by atoms with Gasteiger partial charge in [-0.2, -0.15) is 0 Å². The lowest BCUT2D eigenvalue weighted by Gasteiger charge is -2.11. The van der Waals surface area contributed by atoms with Gasteiger partial charge in [-0.05, 0) is 61.0 Å². The van der Waals surface area contributed by atoms with E-state index < -0.39 is 6.10 Å². The Morgan fingerprint density at radius 2 is 1.82 bits per heavy atom. The summed E-state index contributed by atoms with van der Waals surface area (Å²) in [7, 11) is 0. The largest absolute Gasteiger partial charge is 0.394 e. The number of hydrogen-bond acceptors (Lipinski definition) is 6. The highest BCUT2D eigenvalue weighted by Gasteiger charge is 2.18. The minimum absolute atomic E-state index is 0.106. The number of nitrogens with one attached hydrogen (secondary N) is 1. The van der Waals surface area contributed by atoms with Crippen molar-refractivity contribution in [3.8, 4) is 11.3 Å². The third kappa shape index (κ3) is 5.31. The van der Waals surface area contributed by atoms with Crippen molar-refractivity contribution >= 4 is 28.8 Å². The van der Waals surface area contributed by atoms with Gasteiger partial charge in [-0.15, -0.1) is 5.10 Å². The summed E-state index contributed by atoms with van der Waals surface area (Å²) >= 11 is 6.45. The summed E-state index contributed by atoms with van der Waals surface area (Å²) in [5.74, 6) is -0.562. The second kappa shape index (κ2) is 10.1. The Hall–Kier alpha value is -3.59. The molecule has 0 spiro atoms. The zero-order chi connectivity index (χ0) is 24.2. The fourth-order valence-corrected chi connectivity index (χ4v) is 3.71. The number of aryl methyl sites for hydroxylation is 1. The van der Waals surface area contributed by atoms with E-state index in [2.05, 4.69) is 15.6 Å². The number of halogens is 2. The smallest absolute Gasteiger partial charge is 0.194 e. The van der Waals surface area contributed by atoms with Gasteiger partial charge < -0.3 is 15.5 Å². The summed E-state index contributed by atoms with van der Waals surface area (Å²) in [5.41, 5.74) is 4.18. The summed E-state index contributed by atoms with van der Waals surface area (Å²) in [5, 5.41) is 30.1. The first-order valence-electron chi connectivity index (χ1n) is 10.5.